The van der Waals surface area contributed by atoms with Crippen molar-refractivity contribution >= 4 is 14.6 Å². The molecule has 1 aromatic carbocycles. The smallest absolute Gasteiger partial charge is 0.334 e. The molecule has 0 spiro atoms. The Morgan fingerprint density at radius 3 is 2.68 bits per heavy atom. The van der Waals surface area contributed by atoms with Crippen molar-refractivity contribution in [2.45, 2.75) is 38.8 Å². The molecule has 106 valence electrons. The summed E-state index contributed by atoms with van der Waals surface area (Å²) >= 11 is 0. The monoisotopic (exact) mass is 278 g/mol. The standard InChI is InChI=1S/C16H26O2Si/c1-5-14-19(4,17-3)18-13-9-12-16-11-8-7-10-15(16)6-2/h6-8,10-11H,2,5,9,12-14H2,1,3-4H3. The van der Waals surface area contributed by atoms with E-state index >= 15 is 0 Å². The van der Waals surface area contributed by atoms with E-state index in [9.17, 15) is 0 Å². The highest BCUT2D eigenvalue weighted by molar-refractivity contribution is 6.65. The van der Waals surface area contributed by atoms with Crippen molar-refractivity contribution < 1.29 is 8.85 Å². The van der Waals surface area contributed by atoms with Crippen LogP contribution in [0.3, 0.4) is 0 Å². The van der Waals surface area contributed by atoms with Crippen molar-refractivity contribution in [3.05, 3.63) is 42.0 Å². The highest BCUT2D eigenvalue weighted by Crippen LogP contribution is 2.16. The van der Waals surface area contributed by atoms with E-state index in [2.05, 4.69) is 38.2 Å². The van der Waals surface area contributed by atoms with E-state index in [0.29, 0.717) is 0 Å². The Morgan fingerprint density at radius 1 is 1.32 bits per heavy atom. The van der Waals surface area contributed by atoms with Crippen LogP contribution in [0.5, 0.6) is 0 Å². The van der Waals surface area contributed by atoms with Gasteiger partial charge in [0.2, 0.25) is 0 Å². The van der Waals surface area contributed by atoms with Gasteiger partial charge in [-0.1, -0.05) is 50.3 Å². The molecule has 0 fully saturated rings. The molecule has 0 saturated carbocycles. The molecule has 1 rings (SSSR count). The van der Waals surface area contributed by atoms with Crippen molar-refractivity contribution in [1.29, 1.82) is 0 Å². The third-order valence-corrected chi connectivity index (χ3v) is 6.50. The number of hydrogen-bond donors (Lipinski definition) is 0. The number of rotatable bonds is 9. The highest BCUT2D eigenvalue weighted by Gasteiger charge is 2.28. The molecule has 0 aliphatic carbocycles. The Morgan fingerprint density at radius 2 is 2.05 bits per heavy atom. The molecule has 0 aliphatic heterocycles. The summed E-state index contributed by atoms with van der Waals surface area (Å²) in [7, 11) is -0.131. The van der Waals surface area contributed by atoms with Gasteiger partial charge in [-0.25, -0.2) is 0 Å². The van der Waals surface area contributed by atoms with E-state index in [0.717, 1.165) is 31.9 Å². The fourth-order valence-corrected chi connectivity index (χ4v) is 4.15. The molecule has 0 aromatic heterocycles. The molecule has 0 amide bonds. The summed E-state index contributed by atoms with van der Waals surface area (Å²) in [6.45, 7) is 8.95. The number of hydrogen-bond acceptors (Lipinski definition) is 2. The van der Waals surface area contributed by atoms with E-state index < -0.39 is 8.56 Å². The van der Waals surface area contributed by atoms with E-state index in [1.54, 1.807) is 7.11 Å². The van der Waals surface area contributed by atoms with Gasteiger partial charge in [0, 0.05) is 13.7 Å². The van der Waals surface area contributed by atoms with Crippen molar-refractivity contribution in [3.63, 3.8) is 0 Å². The SMILES string of the molecule is C=Cc1ccccc1CCCO[Si](C)(CCC)OC. The van der Waals surface area contributed by atoms with Gasteiger partial charge in [-0.05, 0) is 36.6 Å². The van der Waals surface area contributed by atoms with E-state index in [-0.39, 0.29) is 0 Å². The molecule has 0 saturated heterocycles. The Balaban J connectivity index is 2.40. The zero-order valence-corrected chi connectivity index (χ0v) is 13.4. The minimum Gasteiger partial charge on any atom is -0.398 e. The average molecular weight is 278 g/mol. The first-order valence-electron chi connectivity index (χ1n) is 7.04. The maximum absolute atomic E-state index is 6.01. The second-order valence-corrected chi connectivity index (χ2v) is 8.41. The van der Waals surface area contributed by atoms with E-state index in [1.807, 2.05) is 12.1 Å². The molecule has 1 unspecified atom stereocenters. The minimum atomic E-state index is -1.90. The largest absolute Gasteiger partial charge is 0.398 e. The Labute approximate surface area is 118 Å². The van der Waals surface area contributed by atoms with Gasteiger partial charge in [0.05, 0.1) is 0 Å². The van der Waals surface area contributed by atoms with Gasteiger partial charge in [0.15, 0.2) is 0 Å². The molecular weight excluding hydrogens is 252 g/mol. The minimum absolute atomic E-state index is 0.780. The fraction of sp³-hybridized carbons (Fsp3) is 0.500. The lowest BCUT2D eigenvalue weighted by molar-refractivity contribution is 0.201. The molecule has 1 aromatic rings. The lowest BCUT2D eigenvalue weighted by atomic mass is 10.0. The van der Waals surface area contributed by atoms with Crippen LogP contribution in [0.1, 0.15) is 30.9 Å². The third kappa shape index (κ3) is 5.31. The summed E-state index contributed by atoms with van der Waals surface area (Å²) in [6, 6.07) is 9.46. The Kier molecular flexibility index (Phi) is 7.06. The van der Waals surface area contributed by atoms with Gasteiger partial charge in [0.25, 0.3) is 0 Å². The first-order chi connectivity index (χ1) is 9.15. The average Bonchev–Trinajstić information content (AvgIpc) is 2.44. The van der Waals surface area contributed by atoms with Crippen molar-refractivity contribution in [2.24, 2.45) is 0 Å². The zero-order chi connectivity index (χ0) is 14.1. The quantitative estimate of drug-likeness (QED) is 0.492. The second kappa shape index (κ2) is 8.30. The molecule has 19 heavy (non-hydrogen) atoms. The predicted octanol–water partition coefficient (Wildman–Crippen LogP) is 4.41. The summed E-state index contributed by atoms with van der Waals surface area (Å²) in [5.74, 6) is 0. The summed E-state index contributed by atoms with van der Waals surface area (Å²) in [5, 5.41) is 0. The van der Waals surface area contributed by atoms with E-state index in [1.165, 1.54) is 11.1 Å². The molecule has 3 heteroatoms. The summed E-state index contributed by atoms with van der Waals surface area (Å²) in [5.41, 5.74) is 2.57. The molecule has 0 aliphatic rings. The van der Waals surface area contributed by atoms with Crippen LogP contribution in [-0.4, -0.2) is 22.3 Å². The molecule has 1 atom stereocenters. The van der Waals surface area contributed by atoms with Gasteiger partial charge in [-0.15, -0.1) is 0 Å². The van der Waals surface area contributed by atoms with Crippen LogP contribution in [0.4, 0.5) is 0 Å². The number of benzene rings is 1. The zero-order valence-electron chi connectivity index (χ0n) is 12.4. The number of aryl methyl sites for hydroxylation is 1. The summed E-state index contributed by atoms with van der Waals surface area (Å²) < 4.78 is 11.6. The lowest BCUT2D eigenvalue weighted by Gasteiger charge is -2.24. The van der Waals surface area contributed by atoms with E-state index in [4.69, 9.17) is 8.85 Å². The maximum Gasteiger partial charge on any atom is 0.334 e. The maximum atomic E-state index is 6.01. The Hall–Kier alpha value is -0.903. The van der Waals surface area contributed by atoms with Crippen LogP contribution in [0.2, 0.25) is 12.6 Å². The molecule has 2 nitrogen and oxygen atoms in total. The van der Waals surface area contributed by atoms with Gasteiger partial charge < -0.3 is 8.85 Å². The van der Waals surface area contributed by atoms with Crippen molar-refractivity contribution in [3.8, 4) is 0 Å². The van der Waals surface area contributed by atoms with Crippen molar-refractivity contribution in [2.75, 3.05) is 13.7 Å². The van der Waals surface area contributed by atoms with Crippen LogP contribution in [0.15, 0.2) is 30.8 Å². The lowest BCUT2D eigenvalue weighted by Crippen LogP contribution is -2.37. The van der Waals surface area contributed by atoms with Gasteiger partial charge in [0.1, 0.15) is 0 Å². The van der Waals surface area contributed by atoms with Crippen LogP contribution in [0, 0.1) is 0 Å². The summed E-state index contributed by atoms with van der Waals surface area (Å²) in [6.07, 6.45) is 5.10. The topological polar surface area (TPSA) is 18.5 Å². The highest BCUT2D eigenvalue weighted by atomic mass is 28.4. The van der Waals surface area contributed by atoms with Crippen LogP contribution >= 0.6 is 0 Å². The van der Waals surface area contributed by atoms with Crippen LogP contribution in [0.25, 0.3) is 6.08 Å². The second-order valence-electron chi connectivity index (χ2n) is 4.94. The summed E-state index contributed by atoms with van der Waals surface area (Å²) in [4.78, 5) is 0. The first-order valence-corrected chi connectivity index (χ1v) is 9.57. The first kappa shape index (κ1) is 16.2. The van der Waals surface area contributed by atoms with Crippen LogP contribution < -0.4 is 0 Å². The molecular formula is C16H26O2Si. The third-order valence-electron chi connectivity index (χ3n) is 3.41. The van der Waals surface area contributed by atoms with Gasteiger partial charge >= 0.3 is 8.56 Å². The molecule has 0 bridgehead atoms. The molecule has 0 heterocycles. The van der Waals surface area contributed by atoms with Crippen LogP contribution in [-0.2, 0) is 15.3 Å². The molecule has 0 radical (unpaired) electrons. The van der Waals surface area contributed by atoms with Gasteiger partial charge in [-0.3, -0.25) is 0 Å². The van der Waals surface area contributed by atoms with Crippen molar-refractivity contribution in [1.82, 2.24) is 0 Å². The van der Waals surface area contributed by atoms with Gasteiger partial charge in [-0.2, -0.15) is 0 Å². The Bertz CT molecular complexity index is 392. The predicted molar refractivity (Wildman–Crippen MR) is 84.5 cm³/mol. The fourth-order valence-electron chi connectivity index (χ4n) is 2.20. The normalized spacial score (nSPS) is 14.1. The molecule has 0 N–H and O–H groups in total.